The van der Waals surface area contributed by atoms with Crippen LogP contribution in [-0.2, 0) is 5.41 Å². The second kappa shape index (κ2) is 25.7. The quantitative estimate of drug-likeness (QED) is 0.149. The molecule has 5 nitrogen and oxygen atoms in total. The summed E-state index contributed by atoms with van der Waals surface area (Å²) in [5, 5.41) is 17.5. The number of nitrogens with zero attached hydrogens (tertiary/aromatic N) is 4. The molecule has 1 aliphatic rings. The number of aromatic nitrogens is 4. The Labute approximate surface area is 686 Å². The molecule has 0 amide bonds. The first kappa shape index (κ1) is 66.8. The molecule has 0 N–H and O–H groups in total. The van der Waals surface area contributed by atoms with Crippen LogP contribution in [0.5, 0.6) is 0 Å². The summed E-state index contributed by atoms with van der Waals surface area (Å²) in [4.78, 5) is 0. The second-order valence-electron chi connectivity index (χ2n) is 32.1. The van der Waals surface area contributed by atoms with Gasteiger partial charge in [-0.2, -0.15) is 0 Å². The number of rotatable bonds is 8. The normalized spacial score (nSPS) is 12.7. The maximum absolute atomic E-state index is 6.28. The van der Waals surface area contributed by atoms with Gasteiger partial charge in [0.15, 0.2) is 0 Å². The van der Waals surface area contributed by atoms with Crippen molar-refractivity contribution >= 4 is 172 Å². The highest BCUT2D eigenvalue weighted by Gasteiger charge is 2.36. The van der Waals surface area contributed by atoms with Gasteiger partial charge in [0.25, 0.3) is 0 Å². The van der Waals surface area contributed by atoms with Gasteiger partial charge in [0.05, 0.1) is 44.1 Å². The third-order valence-corrected chi connectivity index (χ3v) is 27.9. The number of hydrogen-bond donors (Lipinski definition) is 0. The van der Waals surface area contributed by atoms with E-state index in [1.807, 2.05) is 28.7 Å². The third kappa shape index (κ3) is 9.77. The lowest BCUT2D eigenvalue weighted by Gasteiger charge is -2.22. The number of furan rings is 1. The average molecular weight is 1540 g/mol. The Balaban J connectivity index is 0.000000132. The molecule has 0 atom stereocenters. The lowest BCUT2D eigenvalue weighted by atomic mass is 9.81. The van der Waals surface area contributed by atoms with Gasteiger partial charge < -0.3 is 22.7 Å². The Morgan fingerprint density at radius 3 is 1.02 bits per heavy atom. The Morgan fingerprint density at radius 1 is 0.212 bits per heavy atom. The first-order valence-corrected chi connectivity index (χ1v) is 42.2. The van der Waals surface area contributed by atoms with Crippen molar-refractivity contribution in [3.8, 4) is 78.4 Å². The second-order valence-corrected chi connectivity index (χ2v) is 34.2. The Hall–Kier alpha value is -14.6. The Bertz CT molecular complexity index is 8550. The highest BCUT2D eigenvalue weighted by molar-refractivity contribution is 7.26. The summed E-state index contributed by atoms with van der Waals surface area (Å²) in [6, 6.07) is 143. The number of thiophene rings is 2. The topological polar surface area (TPSA) is 32.9 Å². The molecule has 7 aromatic heterocycles. The van der Waals surface area contributed by atoms with Crippen LogP contribution in [-0.4, -0.2) is 18.3 Å². The molecular formula is C111H70N4OS2. The van der Waals surface area contributed by atoms with E-state index in [-0.39, 0.29) is 5.41 Å². The summed E-state index contributed by atoms with van der Waals surface area (Å²) in [5.74, 6) is 0. The van der Waals surface area contributed by atoms with Crippen LogP contribution < -0.4 is 0 Å². The monoisotopic (exact) mass is 1540 g/mol. The van der Waals surface area contributed by atoms with Crippen LogP contribution in [0.3, 0.4) is 0 Å². The summed E-state index contributed by atoms with van der Waals surface area (Å²) in [7, 11) is 0. The molecule has 26 rings (SSSR count). The minimum absolute atomic E-state index is 0.0850. The van der Waals surface area contributed by atoms with Gasteiger partial charge in [-0.3, -0.25) is 0 Å². The minimum Gasteiger partial charge on any atom is -0.456 e. The molecule has 7 heteroatoms. The zero-order valence-electron chi connectivity index (χ0n) is 64.5. The van der Waals surface area contributed by atoms with Gasteiger partial charge in [-0.1, -0.05) is 269 Å². The van der Waals surface area contributed by atoms with Gasteiger partial charge in [-0.05, 0) is 189 Å². The fraction of sp³-hybridized carbons (Fsp3) is 0.0270. The zero-order valence-corrected chi connectivity index (χ0v) is 66.1. The summed E-state index contributed by atoms with van der Waals surface area (Å²) in [5.41, 5.74) is 31.4. The van der Waals surface area contributed by atoms with Crippen molar-refractivity contribution in [1.29, 1.82) is 0 Å². The minimum atomic E-state index is -0.0850. The third-order valence-electron chi connectivity index (χ3n) is 25.4. The Morgan fingerprint density at radius 2 is 0.551 bits per heavy atom. The molecule has 7 heterocycles. The van der Waals surface area contributed by atoms with Crippen LogP contribution in [0.4, 0.5) is 0 Å². The molecule has 25 aromatic rings. The van der Waals surface area contributed by atoms with Crippen molar-refractivity contribution in [2.24, 2.45) is 0 Å². The van der Waals surface area contributed by atoms with E-state index in [1.165, 1.54) is 206 Å². The maximum atomic E-state index is 6.28. The van der Waals surface area contributed by atoms with Crippen LogP contribution in [0.15, 0.2) is 393 Å². The van der Waals surface area contributed by atoms with Crippen LogP contribution >= 0.6 is 22.7 Å². The van der Waals surface area contributed by atoms with Crippen LogP contribution in [0.1, 0.15) is 25.0 Å². The molecule has 0 aliphatic heterocycles. The fourth-order valence-corrected chi connectivity index (χ4v) is 22.8. The smallest absolute Gasteiger partial charge is 0.135 e. The van der Waals surface area contributed by atoms with Crippen molar-refractivity contribution in [2.45, 2.75) is 19.3 Å². The van der Waals surface area contributed by atoms with Crippen molar-refractivity contribution < 1.29 is 4.42 Å². The van der Waals surface area contributed by atoms with Crippen molar-refractivity contribution in [3.63, 3.8) is 0 Å². The van der Waals surface area contributed by atoms with E-state index >= 15 is 0 Å². The molecule has 1 aliphatic carbocycles. The number of para-hydroxylation sites is 7. The van der Waals surface area contributed by atoms with Gasteiger partial charge in [0, 0.05) is 133 Å². The number of benzene rings is 18. The summed E-state index contributed by atoms with van der Waals surface area (Å²) < 4.78 is 21.3. The van der Waals surface area contributed by atoms with E-state index in [4.69, 9.17) is 4.42 Å². The molecule has 0 bridgehead atoms. The van der Waals surface area contributed by atoms with Gasteiger partial charge >= 0.3 is 0 Å². The molecule has 0 saturated carbocycles. The van der Waals surface area contributed by atoms with Gasteiger partial charge in [0.2, 0.25) is 0 Å². The zero-order chi connectivity index (χ0) is 77.6. The van der Waals surface area contributed by atoms with Gasteiger partial charge in [-0.25, -0.2) is 0 Å². The predicted octanol–water partition coefficient (Wildman–Crippen LogP) is 31.4. The fourth-order valence-electron chi connectivity index (χ4n) is 20.3. The molecule has 552 valence electrons. The van der Waals surface area contributed by atoms with Crippen LogP contribution in [0, 0.1) is 0 Å². The van der Waals surface area contributed by atoms with Crippen molar-refractivity contribution in [1.82, 2.24) is 18.3 Å². The SMILES string of the molecule is CC1(C)c2ccccc2-c2ccc(-c3cc(-n4c5ccccc5c5c(-c6cccc7c6c6ccccc6n7-c6ccccc6)cccc54)cc4c3sc3ccccc34)cc21.c1ccc(-n2c3ccccc3c3c(-c4cccc5c4c4ccccc4n5-c4cc(-c5ccc6oc7ccccc7c6c5)c5sc6ccccc6c5c4)cccc32)cc1. The summed E-state index contributed by atoms with van der Waals surface area (Å²) in [6.07, 6.45) is 0. The molecule has 0 unspecified atom stereocenters. The van der Waals surface area contributed by atoms with E-state index < -0.39 is 0 Å². The predicted molar refractivity (Wildman–Crippen MR) is 503 cm³/mol. The molecule has 18 aromatic carbocycles. The standard InChI is InChI=1S/C57H38N2S.C54H32N2OS/c1-57(2)47-24-10-6-18-38(47)39-31-30-35(32-48(39)57)45-33-37(34-46-40-19-9-13-29-53(40)60-56(45)46)59-50-26-12-8-21-44(50)55-42(23-15-28-52(55)59)41-22-14-27-51-54(41)43-20-7-11-25-49(43)58(51)36-16-4-3-5-17-36;1-2-14-34(15-3-1)55-45-22-8-4-18-40(45)52-38(20-12-24-47(52)55)39-21-13-25-48-53(39)41-19-5-9-23-46(41)56(48)35-31-42(54-44(32-35)37-17-7-11-27-51(37)58-54)33-28-29-50-43(30-33)36-16-6-10-26-49(36)57-50/h3-34H,1-2H3;1-32H. The van der Waals surface area contributed by atoms with Crippen LogP contribution in [0.25, 0.3) is 228 Å². The highest BCUT2D eigenvalue weighted by Crippen LogP contribution is 2.54. The molecular weight excluding hydrogens is 1470 g/mol. The van der Waals surface area contributed by atoms with Gasteiger partial charge in [-0.15, -0.1) is 22.7 Å². The molecule has 118 heavy (non-hydrogen) atoms. The average Bonchev–Trinajstić information content (AvgIpc) is 1.55. The maximum Gasteiger partial charge on any atom is 0.135 e. The molecule has 0 fully saturated rings. The van der Waals surface area contributed by atoms with Crippen molar-refractivity contribution in [2.75, 3.05) is 0 Å². The highest BCUT2D eigenvalue weighted by atomic mass is 32.1. The van der Waals surface area contributed by atoms with E-state index in [0.717, 1.165) is 33.3 Å². The lowest BCUT2D eigenvalue weighted by molar-refractivity contribution is 0.660. The number of hydrogen-bond acceptors (Lipinski definition) is 3. The first-order valence-electron chi connectivity index (χ1n) is 40.6. The first-order chi connectivity index (χ1) is 58.3. The van der Waals surface area contributed by atoms with E-state index in [2.05, 4.69) is 414 Å². The lowest BCUT2D eigenvalue weighted by Crippen LogP contribution is -2.14. The summed E-state index contributed by atoms with van der Waals surface area (Å²) in [6.45, 7) is 4.75. The van der Waals surface area contributed by atoms with Gasteiger partial charge in [0.1, 0.15) is 11.2 Å². The van der Waals surface area contributed by atoms with Crippen LogP contribution in [0.2, 0.25) is 0 Å². The molecule has 0 radical (unpaired) electrons. The number of fused-ring (bicyclic) bond motifs is 24. The summed E-state index contributed by atoms with van der Waals surface area (Å²) >= 11 is 3.78. The van der Waals surface area contributed by atoms with Crippen molar-refractivity contribution in [3.05, 3.63) is 399 Å². The van der Waals surface area contributed by atoms with E-state index in [0.29, 0.717) is 0 Å². The molecule has 0 saturated heterocycles. The van der Waals surface area contributed by atoms with E-state index in [1.54, 1.807) is 0 Å². The Kier molecular flexibility index (Phi) is 14.5. The van der Waals surface area contributed by atoms with E-state index in [9.17, 15) is 0 Å². The largest absolute Gasteiger partial charge is 0.456 e. The molecule has 0 spiro atoms.